The number of benzene rings is 1. The van der Waals surface area contributed by atoms with Crippen LogP contribution in [-0.4, -0.2) is 30.1 Å². The average molecular weight is 289 g/mol. The van der Waals surface area contributed by atoms with Gasteiger partial charge in [0.1, 0.15) is 5.82 Å². The van der Waals surface area contributed by atoms with E-state index in [-0.39, 0.29) is 11.9 Å². The first-order chi connectivity index (χ1) is 10.2. The van der Waals surface area contributed by atoms with Crippen LogP contribution in [0.1, 0.15) is 35.6 Å². The molecule has 1 atom stereocenters. The number of H-pyrrole nitrogens is 1. The highest BCUT2D eigenvalue weighted by Crippen LogP contribution is 2.27. The number of ether oxygens (including phenoxy) is 2. The second kappa shape index (κ2) is 6.78. The van der Waals surface area contributed by atoms with Gasteiger partial charge < -0.3 is 19.8 Å². The minimum Gasteiger partial charge on any atom is -0.493 e. The summed E-state index contributed by atoms with van der Waals surface area (Å²) in [6, 6.07) is 4.91. The summed E-state index contributed by atoms with van der Waals surface area (Å²) < 4.78 is 10.4. The van der Waals surface area contributed by atoms with Gasteiger partial charge in [0.05, 0.1) is 20.3 Å². The van der Waals surface area contributed by atoms with Crippen molar-refractivity contribution in [1.29, 1.82) is 0 Å². The number of nitrogens with one attached hydrogen (secondary N) is 2. The lowest BCUT2D eigenvalue weighted by atomic mass is 10.1. The van der Waals surface area contributed by atoms with E-state index in [1.54, 1.807) is 37.7 Å². The normalized spacial score (nSPS) is 11.8. The summed E-state index contributed by atoms with van der Waals surface area (Å²) >= 11 is 0. The molecule has 112 valence electrons. The topological polar surface area (TPSA) is 76.2 Å². The van der Waals surface area contributed by atoms with Gasteiger partial charge in [0.15, 0.2) is 11.5 Å². The molecule has 0 aliphatic heterocycles. The summed E-state index contributed by atoms with van der Waals surface area (Å²) in [7, 11) is 3.10. The van der Waals surface area contributed by atoms with Gasteiger partial charge in [0, 0.05) is 18.0 Å². The van der Waals surface area contributed by atoms with E-state index in [0.717, 1.165) is 12.2 Å². The minimum absolute atomic E-state index is 0.152. The molecule has 6 nitrogen and oxygen atoms in total. The van der Waals surface area contributed by atoms with Crippen LogP contribution in [0.4, 0.5) is 0 Å². The van der Waals surface area contributed by atoms with Crippen LogP contribution in [0.5, 0.6) is 11.5 Å². The van der Waals surface area contributed by atoms with Gasteiger partial charge in [-0.15, -0.1) is 0 Å². The van der Waals surface area contributed by atoms with Gasteiger partial charge in [-0.05, 0) is 24.6 Å². The Morgan fingerprint density at radius 3 is 2.67 bits per heavy atom. The van der Waals surface area contributed by atoms with Gasteiger partial charge in [0.2, 0.25) is 0 Å². The molecule has 0 aliphatic rings. The molecule has 2 rings (SSSR count). The van der Waals surface area contributed by atoms with E-state index in [0.29, 0.717) is 17.1 Å². The molecular formula is C15H19N3O3. The molecule has 2 N–H and O–H groups in total. The average Bonchev–Trinajstić information content (AvgIpc) is 3.05. The number of hydrogen-bond donors (Lipinski definition) is 2. The van der Waals surface area contributed by atoms with Crippen molar-refractivity contribution in [2.75, 3.05) is 14.2 Å². The molecule has 0 fully saturated rings. The Hall–Kier alpha value is -2.50. The first kappa shape index (κ1) is 14.9. The number of amides is 1. The van der Waals surface area contributed by atoms with Crippen molar-refractivity contribution >= 4 is 5.91 Å². The minimum atomic E-state index is -0.181. The van der Waals surface area contributed by atoms with Crippen molar-refractivity contribution in [3.8, 4) is 11.5 Å². The molecule has 1 amide bonds. The smallest absolute Gasteiger partial charge is 0.252 e. The van der Waals surface area contributed by atoms with Crippen molar-refractivity contribution in [1.82, 2.24) is 15.3 Å². The van der Waals surface area contributed by atoms with Crippen molar-refractivity contribution in [3.05, 3.63) is 42.0 Å². The number of hydrogen-bond acceptors (Lipinski definition) is 4. The Labute approximate surface area is 123 Å². The number of aromatic amines is 1. The number of aromatic nitrogens is 2. The predicted molar refractivity (Wildman–Crippen MR) is 78.6 cm³/mol. The van der Waals surface area contributed by atoms with Crippen LogP contribution in [0.15, 0.2) is 30.6 Å². The summed E-state index contributed by atoms with van der Waals surface area (Å²) in [4.78, 5) is 19.5. The monoisotopic (exact) mass is 289 g/mol. The zero-order chi connectivity index (χ0) is 15.2. The van der Waals surface area contributed by atoms with Crippen molar-refractivity contribution < 1.29 is 14.3 Å². The first-order valence-corrected chi connectivity index (χ1v) is 6.71. The Balaban J connectivity index is 2.16. The largest absolute Gasteiger partial charge is 0.493 e. The second-order valence-electron chi connectivity index (χ2n) is 4.48. The number of carbonyl (C=O) groups excluding carboxylic acids is 1. The molecule has 0 saturated carbocycles. The van der Waals surface area contributed by atoms with E-state index >= 15 is 0 Å². The number of carbonyl (C=O) groups is 1. The molecule has 1 heterocycles. The van der Waals surface area contributed by atoms with Crippen LogP contribution >= 0.6 is 0 Å². The lowest BCUT2D eigenvalue weighted by molar-refractivity contribution is 0.0933. The van der Waals surface area contributed by atoms with Crippen LogP contribution in [0, 0.1) is 0 Å². The molecule has 0 aliphatic carbocycles. The Bertz CT molecular complexity index is 596. The van der Waals surface area contributed by atoms with E-state index in [4.69, 9.17) is 9.47 Å². The number of imidazole rings is 1. The fraction of sp³-hybridized carbons (Fsp3) is 0.333. The maximum absolute atomic E-state index is 12.3. The SMILES string of the molecule is CCC(NC(=O)c1ccc(OC)c(OC)c1)c1ncc[nH]1. The van der Waals surface area contributed by atoms with E-state index in [1.807, 2.05) is 6.92 Å². The zero-order valence-electron chi connectivity index (χ0n) is 12.3. The summed E-state index contributed by atoms with van der Waals surface area (Å²) in [6.07, 6.45) is 4.15. The molecule has 0 radical (unpaired) electrons. The van der Waals surface area contributed by atoms with E-state index in [9.17, 15) is 4.79 Å². The van der Waals surface area contributed by atoms with Gasteiger partial charge >= 0.3 is 0 Å². The molecule has 21 heavy (non-hydrogen) atoms. The molecular weight excluding hydrogens is 270 g/mol. The summed E-state index contributed by atoms with van der Waals surface area (Å²) in [5, 5.41) is 2.95. The van der Waals surface area contributed by atoms with Gasteiger partial charge in [-0.1, -0.05) is 6.92 Å². The summed E-state index contributed by atoms with van der Waals surface area (Å²) in [6.45, 7) is 1.99. The summed E-state index contributed by atoms with van der Waals surface area (Å²) in [5.74, 6) is 1.67. The second-order valence-corrected chi connectivity index (χ2v) is 4.48. The van der Waals surface area contributed by atoms with Gasteiger partial charge in [-0.3, -0.25) is 4.79 Å². The van der Waals surface area contributed by atoms with E-state index in [1.165, 1.54) is 7.11 Å². The third-order valence-corrected chi connectivity index (χ3v) is 3.21. The van der Waals surface area contributed by atoms with Gasteiger partial charge in [0.25, 0.3) is 5.91 Å². The van der Waals surface area contributed by atoms with Crippen LogP contribution in [0.3, 0.4) is 0 Å². The lowest BCUT2D eigenvalue weighted by Crippen LogP contribution is -2.28. The van der Waals surface area contributed by atoms with Crippen LogP contribution in [0.25, 0.3) is 0 Å². The predicted octanol–water partition coefficient (Wildman–Crippen LogP) is 2.31. The third-order valence-electron chi connectivity index (χ3n) is 3.21. The van der Waals surface area contributed by atoms with E-state index < -0.39 is 0 Å². The molecule has 2 aromatic rings. The van der Waals surface area contributed by atoms with Crippen LogP contribution in [0.2, 0.25) is 0 Å². The molecule has 1 aromatic carbocycles. The van der Waals surface area contributed by atoms with E-state index in [2.05, 4.69) is 15.3 Å². The standard InChI is InChI=1S/C15H19N3O3/c1-4-11(14-16-7-8-17-14)18-15(19)10-5-6-12(20-2)13(9-10)21-3/h5-9,11H,4H2,1-3H3,(H,16,17)(H,18,19). The highest BCUT2D eigenvalue weighted by Gasteiger charge is 2.17. The lowest BCUT2D eigenvalue weighted by Gasteiger charge is -2.15. The Kier molecular flexibility index (Phi) is 4.81. The number of nitrogens with zero attached hydrogens (tertiary/aromatic N) is 1. The van der Waals surface area contributed by atoms with Crippen molar-refractivity contribution in [2.45, 2.75) is 19.4 Å². The van der Waals surface area contributed by atoms with Crippen molar-refractivity contribution in [2.24, 2.45) is 0 Å². The quantitative estimate of drug-likeness (QED) is 0.855. The fourth-order valence-electron chi connectivity index (χ4n) is 2.05. The third kappa shape index (κ3) is 3.34. The zero-order valence-corrected chi connectivity index (χ0v) is 12.3. The van der Waals surface area contributed by atoms with Gasteiger partial charge in [-0.2, -0.15) is 0 Å². The Morgan fingerprint density at radius 2 is 2.10 bits per heavy atom. The fourth-order valence-corrected chi connectivity index (χ4v) is 2.05. The van der Waals surface area contributed by atoms with Crippen LogP contribution in [-0.2, 0) is 0 Å². The number of rotatable bonds is 6. The highest BCUT2D eigenvalue weighted by molar-refractivity contribution is 5.95. The molecule has 0 spiro atoms. The Morgan fingerprint density at radius 1 is 1.33 bits per heavy atom. The first-order valence-electron chi connectivity index (χ1n) is 6.71. The van der Waals surface area contributed by atoms with Crippen molar-refractivity contribution in [3.63, 3.8) is 0 Å². The molecule has 1 unspecified atom stereocenters. The molecule has 1 aromatic heterocycles. The van der Waals surface area contributed by atoms with Crippen LogP contribution < -0.4 is 14.8 Å². The number of methoxy groups -OCH3 is 2. The molecule has 0 saturated heterocycles. The summed E-state index contributed by atoms with van der Waals surface area (Å²) in [5.41, 5.74) is 0.512. The maximum atomic E-state index is 12.3. The highest BCUT2D eigenvalue weighted by atomic mass is 16.5. The molecule has 0 bridgehead atoms. The van der Waals surface area contributed by atoms with Gasteiger partial charge in [-0.25, -0.2) is 4.98 Å². The molecule has 6 heteroatoms. The maximum Gasteiger partial charge on any atom is 0.252 e.